The lowest BCUT2D eigenvalue weighted by Gasteiger charge is -2.11. The molecule has 8 nitrogen and oxygen atoms in total. The van der Waals surface area contributed by atoms with E-state index in [0.717, 1.165) is 0 Å². The summed E-state index contributed by atoms with van der Waals surface area (Å²) in [4.78, 5) is 26.4. The second-order valence-corrected chi connectivity index (χ2v) is 4.88. The van der Waals surface area contributed by atoms with Crippen molar-refractivity contribution >= 4 is 34.9 Å². The summed E-state index contributed by atoms with van der Waals surface area (Å²) in [6.45, 7) is 1.80. The summed E-state index contributed by atoms with van der Waals surface area (Å²) in [6.07, 6.45) is 0. The molecule has 0 aliphatic rings. The number of ether oxygens (including phenoxy) is 1. The van der Waals surface area contributed by atoms with Crippen LogP contribution >= 0.6 is 22.9 Å². The van der Waals surface area contributed by atoms with Crippen LogP contribution in [0.5, 0.6) is 6.01 Å². The molecule has 0 saturated carbocycles. The Morgan fingerprint density at radius 3 is 2.80 bits per heavy atom. The van der Waals surface area contributed by atoms with Crippen molar-refractivity contribution in [2.75, 3.05) is 12.4 Å². The number of rotatable bonds is 5. The van der Waals surface area contributed by atoms with E-state index < -0.39 is 5.97 Å². The third kappa shape index (κ3) is 3.31. The predicted octanol–water partition coefficient (Wildman–Crippen LogP) is 1.86. The molecule has 10 heteroatoms. The third-order valence-electron chi connectivity index (χ3n) is 2.23. The number of hydrogen-bond acceptors (Lipinski definition) is 8. The Labute approximate surface area is 122 Å². The van der Waals surface area contributed by atoms with Gasteiger partial charge in [0.05, 0.1) is 13.2 Å². The monoisotopic (exact) mass is 315 g/mol. The number of anilines is 1. The fourth-order valence-electron chi connectivity index (χ4n) is 1.33. The van der Waals surface area contributed by atoms with Crippen molar-refractivity contribution in [2.45, 2.75) is 13.0 Å². The molecule has 2 N–H and O–H groups in total. The van der Waals surface area contributed by atoms with Gasteiger partial charge >= 0.3 is 12.0 Å². The number of aromatic carboxylic acids is 1. The molecule has 0 saturated heterocycles. The smallest absolute Gasteiger partial charge is 0.355 e. The first kappa shape index (κ1) is 14.4. The maximum absolute atomic E-state index is 10.8. The predicted molar refractivity (Wildman–Crippen MR) is 72.5 cm³/mol. The molecule has 2 aromatic heterocycles. The maximum atomic E-state index is 10.8. The number of aromatic nitrogens is 4. The second-order valence-electron chi connectivity index (χ2n) is 3.66. The molecule has 20 heavy (non-hydrogen) atoms. The van der Waals surface area contributed by atoms with Crippen molar-refractivity contribution in [2.24, 2.45) is 0 Å². The molecule has 0 radical (unpaired) electrons. The van der Waals surface area contributed by atoms with Crippen molar-refractivity contribution in [3.05, 3.63) is 21.4 Å². The minimum Gasteiger partial charge on any atom is -0.476 e. The molecule has 0 bridgehead atoms. The normalized spacial score (nSPS) is 11.9. The molecule has 1 unspecified atom stereocenters. The van der Waals surface area contributed by atoms with Crippen LogP contribution in [-0.2, 0) is 0 Å². The van der Waals surface area contributed by atoms with Gasteiger partial charge in [0.25, 0.3) is 0 Å². The van der Waals surface area contributed by atoms with Crippen LogP contribution in [0.3, 0.4) is 0 Å². The number of carboxylic acid groups (broad SMARTS) is 1. The van der Waals surface area contributed by atoms with E-state index >= 15 is 0 Å². The minimum absolute atomic E-state index is 0.00286. The fraction of sp³-hybridized carbons (Fsp3) is 0.300. The highest BCUT2D eigenvalue weighted by atomic mass is 35.5. The zero-order chi connectivity index (χ0) is 14.7. The molecule has 0 spiro atoms. The van der Waals surface area contributed by atoms with Crippen molar-refractivity contribution < 1.29 is 14.6 Å². The topological polar surface area (TPSA) is 110 Å². The molecule has 2 rings (SSSR count). The van der Waals surface area contributed by atoms with Crippen LogP contribution < -0.4 is 10.1 Å². The number of carboxylic acids is 1. The number of carbonyl (C=O) groups is 1. The highest BCUT2D eigenvalue weighted by Gasteiger charge is 2.15. The molecule has 0 amide bonds. The van der Waals surface area contributed by atoms with E-state index in [1.807, 2.05) is 0 Å². The molecular formula is C10H10ClN5O3S. The van der Waals surface area contributed by atoms with Gasteiger partial charge in [0.2, 0.25) is 11.2 Å². The van der Waals surface area contributed by atoms with Gasteiger partial charge in [-0.15, -0.1) is 11.3 Å². The van der Waals surface area contributed by atoms with E-state index in [4.69, 9.17) is 21.4 Å². The molecule has 2 aromatic rings. The molecule has 2 heterocycles. The first-order chi connectivity index (χ1) is 9.49. The fourth-order valence-corrected chi connectivity index (χ4v) is 2.28. The third-order valence-corrected chi connectivity index (χ3v) is 3.42. The van der Waals surface area contributed by atoms with Gasteiger partial charge in [0, 0.05) is 5.38 Å². The lowest BCUT2D eigenvalue weighted by atomic mass is 10.3. The van der Waals surface area contributed by atoms with Crippen molar-refractivity contribution in [3.63, 3.8) is 0 Å². The molecule has 1 atom stereocenters. The van der Waals surface area contributed by atoms with E-state index in [-0.39, 0.29) is 29.0 Å². The molecule has 0 aromatic carbocycles. The number of thiazole rings is 1. The Kier molecular flexibility index (Phi) is 4.30. The van der Waals surface area contributed by atoms with Crippen LogP contribution in [0.2, 0.25) is 5.28 Å². The van der Waals surface area contributed by atoms with E-state index in [0.29, 0.717) is 5.01 Å². The Hall–Kier alpha value is -2.00. The number of hydrogen-bond donors (Lipinski definition) is 2. The minimum atomic E-state index is -1.07. The molecule has 0 aliphatic heterocycles. The lowest BCUT2D eigenvalue weighted by Crippen LogP contribution is -2.11. The second kappa shape index (κ2) is 5.97. The summed E-state index contributed by atoms with van der Waals surface area (Å²) >= 11 is 6.96. The largest absolute Gasteiger partial charge is 0.476 e. The summed E-state index contributed by atoms with van der Waals surface area (Å²) in [5.41, 5.74) is 0.00455. The van der Waals surface area contributed by atoms with Gasteiger partial charge in [0.1, 0.15) is 5.01 Å². The first-order valence-corrected chi connectivity index (χ1v) is 6.66. The van der Waals surface area contributed by atoms with Crippen molar-refractivity contribution in [3.8, 4) is 6.01 Å². The highest BCUT2D eigenvalue weighted by Crippen LogP contribution is 2.22. The number of nitrogens with one attached hydrogen (secondary N) is 1. The van der Waals surface area contributed by atoms with Gasteiger partial charge in [-0.2, -0.15) is 15.0 Å². The SMILES string of the molecule is COc1nc(Cl)nc(NC(C)c2nc(C(=O)O)cs2)n1. The quantitative estimate of drug-likeness (QED) is 0.860. The Balaban J connectivity index is 2.16. The Morgan fingerprint density at radius 2 is 2.20 bits per heavy atom. The van der Waals surface area contributed by atoms with E-state index in [1.54, 1.807) is 6.92 Å². The Bertz CT molecular complexity index is 635. The zero-order valence-corrected chi connectivity index (χ0v) is 12.1. The van der Waals surface area contributed by atoms with Crippen LogP contribution in [-0.4, -0.2) is 38.1 Å². The van der Waals surface area contributed by atoms with Crippen LogP contribution in [0.4, 0.5) is 5.95 Å². The van der Waals surface area contributed by atoms with Gasteiger partial charge < -0.3 is 15.2 Å². The van der Waals surface area contributed by atoms with Crippen molar-refractivity contribution in [1.82, 2.24) is 19.9 Å². The number of halogens is 1. The van der Waals surface area contributed by atoms with Crippen LogP contribution in [0.1, 0.15) is 28.5 Å². The summed E-state index contributed by atoms with van der Waals surface area (Å²) in [7, 11) is 1.42. The maximum Gasteiger partial charge on any atom is 0.355 e. The van der Waals surface area contributed by atoms with Crippen LogP contribution in [0, 0.1) is 0 Å². The summed E-state index contributed by atoms with van der Waals surface area (Å²) in [6, 6.07) is -0.193. The van der Waals surface area contributed by atoms with Crippen molar-refractivity contribution in [1.29, 1.82) is 0 Å². The molecular weight excluding hydrogens is 306 g/mol. The van der Waals surface area contributed by atoms with Crippen LogP contribution in [0.15, 0.2) is 5.38 Å². The summed E-state index contributed by atoms with van der Waals surface area (Å²) < 4.78 is 4.88. The molecule has 106 valence electrons. The zero-order valence-electron chi connectivity index (χ0n) is 10.5. The number of nitrogens with zero attached hydrogens (tertiary/aromatic N) is 4. The lowest BCUT2D eigenvalue weighted by molar-refractivity contribution is 0.0691. The number of methoxy groups -OCH3 is 1. The first-order valence-electron chi connectivity index (χ1n) is 5.40. The van der Waals surface area contributed by atoms with E-state index in [9.17, 15) is 4.79 Å². The molecule has 0 aliphatic carbocycles. The average molecular weight is 316 g/mol. The van der Waals surface area contributed by atoms with Crippen LogP contribution in [0.25, 0.3) is 0 Å². The van der Waals surface area contributed by atoms with Gasteiger partial charge in [-0.05, 0) is 18.5 Å². The van der Waals surface area contributed by atoms with Gasteiger partial charge in [0.15, 0.2) is 5.69 Å². The van der Waals surface area contributed by atoms with Gasteiger partial charge in [-0.25, -0.2) is 9.78 Å². The van der Waals surface area contributed by atoms with Gasteiger partial charge in [-0.3, -0.25) is 0 Å². The standard InChI is InChI=1S/C10H10ClN5O3S/c1-4(6-13-5(3-20-6)7(17)18)12-9-14-8(11)15-10(16-9)19-2/h3-4H,1-2H3,(H,17,18)(H,12,14,15,16). The van der Waals surface area contributed by atoms with E-state index in [1.165, 1.54) is 23.8 Å². The Morgan fingerprint density at radius 1 is 1.45 bits per heavy atom. The van der Waals surface area contributed by atoms with E-state index in [2.05, 4.69) is 25.3 Å². The highest BCUT2D eigenvalue weighted by molar-refractivity contribution is 7.09. The average Bonchev–Trinajstić information content (AvgIpc) is 2.87. The van der Waals surface area contributed by atoms with Gasteiger partial charge in [-0.1, -0.05) is 0 Å². The molecule has 0 fully saturated rings. The summed E-state index contributed by atoms with van der Waals surface area (Å²) in [5.74, 6) is -0.842. The summed E-state index contributed by atoms with van der Waals surface area (Å²) in [5, 5.41) is 13.8.